The van der Waals surface area contributed by atoms with Crippen molar-refractivity contribution >= 4 is 11.8 Å². The van der Waals surface area contributed by atoms with Crippen molar-refractivity contribution in [2.75, 3.05) is 41.4 Å². The van der Waals surface area contributed by atoms with Gasteiger partial charge in [0.15, 0.2) is 0 Å². The Bertz CT molecular complexity index is 1750. The maximum Gasteiger partial charge on any atom is 0.253 e. The van der Waals surface area contributed by atoms with Crippen molar-refractivity contribution in [3.05, 3.63) is 89.5 Å². The third-order valence-corrected chi connectivity index (χ3v) is 12.9. The fraction of sp³-hybridized carbons (Fsp3) is 0.545. The summed E-state index contributed by atoms with van der Waals surface area (Å²) in [7, 11) is 7.53. The van der Waals surface area contributed by atoms with Gasteiger partial charge in [0.2, 0.25) is 5.91 Å². The van der Waals surface area contributed by atoms with E-state index < -0.39 is 24.2 Å². The molecule has 2 bridgehead atoms. The first kappa shape index (κ1) is 39.9. The number of carbonyl (C=O) groups excluding carboxylic acids is 2. The summed E-state index contributed by atoms with van der Waals surface area (Å²) in [6.07, 6.45) is 1.28. The van der Waals surface area contributed by atoms with E-state index in [9.17, 15) is 19.8 Å². The first-order valence-corrected chi connectivity index (χ1v) is 19.5. The van der Waals surface area contributed by atoms with Crippen LogP contribution in [0.15, 0.2) is 72.8 Å². The van der Waals surface area contributed by atoms with Gasteiger partial charge in [0.05, 0.1) is 26.4 Å². The molecular weight excluding hydrogens is 681 g/mol. The summed E-state index contributed by atoms with van der Waals surface area (Å²) in [5.74, 6) is 1.25. The highest BCUT2D eigenvalue weighted by atomic mass is 16.7. The lowest BCUT2D eigenvalue weighted by atomic mass is 9.45. The SMILES string of the molecule is COc1c(CN2O[C@@H](CO)[C@@H]([C@H](C)O)[C@H]2C(=O)N[C@H]2C[C@H]3C[C@H]([C@@H]2C)C3(C)C)cccc1-c1ccc(C(=O)N(C)[C@@H](Cc2ccccc2)CN(C)C)cc1. The van der Waals surface area contributed by atoms with E-state index in [0.29, 0.717) is 34.5 Å². The molecule has 3 aromatic carbocycles. The zero-order valence-corrected chi connectivity index (χ0v) is 33.2. The number of nitrogens with one attached hydrogen (secondary N) is 1. The number of amides is 2. The second-order valence-corrected chi connectivity index (χ2v) is 16.8. The molecule has 2 amide bonds. The Morgan fingerprint density at radius 1 is 1.02 bits per heavy atom. The van der Waals surface area contributed by atoms with Crippen molar-refractivity contribution in [2.24, 2.45) is 29.1 Å². The lowest BCUT2D eigenvalue weighted by Crippen LogP contribution is -2.62. The minimum atomic E-state index is -0.885. The summed E-state index contributed by atoms with van der Waals surface area (Å²) in [6, 6.07) is 22.9. The Morgan fingerprint density at radius 3 is 2.31 bits per heavy atom. The topological polar surface area (TPSA) is 115 Å². The molecule has 0 spiro atoms. The number of carbonyl (C=O) groups is 2. The molecule has 4 fully saturated rings. The summed E-state index contributed by atoms with van der Waals surface area (Å²) in [5.41, 5.74) is 4.57. The Kier molecular flexibility index (Phi) is 12.2. The van der Waals surface area contributed by atoms with E-state index in [2.05, 4.69) is 43.1 Å². The van der Waals surface area contributed by atoms with Crippen molar-refractivity contribution in [1.29, 1.82) is 0 Å². The van der Waals surface area contributed by atoms with Gasteiger partial charge in [-0.3, -0.25) is 14.4 Å². The van der Waals surface area contributed by atoms with Crippen LogP contribution < -0.4 is 10.1 Å². The second kappa shape index (κ2) is 16.5. The number of hydroxylamine groups is 2. The third kappa shape index (κ3) is 7.95. The molecule has 7 rings (SSSR count). The van der Waals surface area contributed by atoms with Gasteiger partial charge in [0.1, 0.15) is 17.9 Å². The number of fused-ring (bicyclic) bond motifs is 2. The van der Waals surface area contributed by atoms with Crippen LogP contribution in [0.3, 0.4) is 0 Å². The predicted molar refractivity (Wildman–Crippen MR) is 211 cm³/mol. The number of hydrogen-bond donors (Lipinski definition) is 3. The second-order valence-electron chi connectivity index (χ2n) is 16.8. The Morgan fingerprint density at radius 2 is 1.72 bits per heavy atom. The maximum atomic E-state index is 14.2. The van der Waals surface area contributed by atoms with Crippen LogP contribution in [0.2, 0.25) is 0 Å². The van der Waals surface area contributed by atoms with Gasteiger partial charge in [0.25, 0.3) is 5.91 Å². The van der Waals surface area contributed by atoms with Crippen LogP contribution >= 0.6 is 0 Å². The highest BCUT2D eigenvalue weighted by Gasteiger charge is 2.57. The smallest absolute Gasteiger partial charge is 0.253 e. The quantitative estimate of drug-likeness (QED) is 0.205. The monoisotopic (exact) mass is 740 g/mol. The number of nitrogens with zero attached hydrogens (tertiary/aromatic N) is 3. The molecule has 0 aromatic heterocycles. The van der Waals surface area contributed by atoms with Crippen molar-refractivity contribution in [1.82, 2.24) is 20.2 Å². The lowest BCUT2D eigenvalue weighted by Gasteiger charge is -2.62. The largest absolute Gasteiger partial charge is 0.496 e. The van der Waals surface area contributed by atoms with Gasteiger partial charge in [0, 0.05) is 48.3 Å². The fourth-order valence-corrected chi connectivity index (χ4v) is 9.62. The molecule has 3 aliphatic carbocycles. The number of hydrogen-bond acceptors (Lipinski definition) is 8. The van der Waals surface area contributed by atoms with E-state index >= 15 is 0 Å². The first-order valence-electron chi connectivity index (χ1n) is 19.5. The predicted octanol–water partition coefficient (Wildman–Crippen LogP) is 5.27. The Balaban J connectivity index is 1.21. The van der Waals surface area contributed by atoms with Crippen LogP contribution in [0, 0.1) is 29.1 Å². The van der Waals surface area contributed by atoms with Crippen molar-refractivity contribution in [3.8, 4) is 16.9 Å². The molecule has 10 nitrogen and oxygen atoms in total. The van der Waals surface area contributed by atoms with Gasteiger partial charge in [-0.05, 0) is 86.7 Å². The van der Waals surface area contributed by atoms with Crippen LogP contribution in [-0.4, -0.2) is 109 Å². The molecule has 4 aliphatic rings. The van der Waals surface area contributed by atoms with Gasteiger partial charge in [-0.2, -0.15) is 5.06 Å². The molecule has 3 saturated carbocycles. The molecule has 10 heteroatoms. The van der Waals surface area contributed by atoms with Crippen LogP contribution in [0.5, 0.6) is 5.75 Å². The summed E-state index contributed by atoms with van der Waals surface area (Å²) in [6.45, 7) is 9.18. The molecule has 1 saturated heterocycles. The average molecular weight is 741 g/mol. The molecule has 292 valence electrons. The van der Waals surface area contributed by atoms with Crippen molar-refractivity contribution < 1.29 is 29.4 Å². The highest BCUT2D eigenvalue weighted by Crippen LogP contribution is 2.61. The molecule has 0 unspecified atom stereocenters. The van der Waals surface area contributed by atoms with Gasteiger partial charge >= 0.3 is 0 Å². The lowest BCUT2D eigenvalue weighted by molar-refractivity contribution is -0.183. The molecular formula is C44H60N4O6. The standard InChI is InChI=1S/C44H60N4O6/c1-27-36-22-33(44(36,3)4)23-37(27)45-42(51)40-39(28(2)50)38(26-49)54-48(40)24-32-15-12-16-35(41(32)53-8)30-17-19-31(20-18-30)43(52)47(7)34(25-46(5)6)21-29-13-10-9-11-14-29/h9-20,27-28,33-34,36-40,49-50H,21-26H2,1-8H3,(H,45,51)/t27-,28-,33+,34-,36+,37-,38-,39+,40-/m0/s1. The Labute approximate surface area is 321 Å². The number of aliphatic hydroxyl groups is 2. The average Bonchev–Trinajstić information content (AvgIpc) is 3.53. The van der Waals surface area contributed by atoms with Crippen LogP contribution in [-0.2, 0) is 22.6 Å². The van der Waals surface area contributed by atoms with Gasteiger partial charge in [-0.15, -0.1) is 0 Å². The van der Waals surface area contributed by atoms with Crippen LogP contribution in [0.25, 0.3) is 11.1 Å². The number of rotatable bonds is 14. The van der Waals surface area contributed by atoms with E-state index in [4.69, 9.17) is 9.57 Å². The maximum absolute atomic E-state index is 14.2. The summed E-state index contributed by atoms with van der Waals surface area (Å²) in [5, 5.41) is 26.2. The van der Waals surface area contributed by atoms with Crippen LogP contribution in [0.1, 0.15) is 62.0 Å². The number of aliphatic hydroxyl groups excluding tert-OH is 2. The highest BCUT2D eigenvalue weighted by molar-refractivity contribution is 5.95. The summed E-state index contributed by atoms with van der Waals surface area (Å²) < 4.78 is 6.02. The summed E-state index contributed by atoms with van der Waals surface area (Å²) in [4.78, 5) is 38.2. The van der Waals surface area contributed by atoms with Gasteiger partial charge in [-0.1, -0.05) is 81.4 Å². The molecule has 54 heavy (non-hydrogen) atoms. The number of likely N-dealkylation sites (N-methyl/N-ethyl adjacent to an activating group) is 2. The first-order chi connectivity index (χ1) is 25.7. The normalized spacial score (nSPS) is 27.2. The van der Waals surface area contributed by atoms with Gasteiger partial charge < -0.3 is 30.1 Å². The molecule has 9 atom stereocenters. The van der Waals surface area contributed by atoms with Gasteiger partial charge in [-0.25, -0.2) is 0 Å². The molecule has 0 radical (unpaired) electrons. The molecule has 3 N–H and O–H groups in total. The van der Waals surface area contributed by atoms with E-state index in [-0.39, 0.29) is 37.0 Å². The minimum absolute atomic E-state index is 0.00672. The van der Waals surface area contributed by atoms with E-state index in [1.54, 1.807) is 19.1 Å². The van der Waals surface area contributed by atoms with Crippen LogP contribution in [0.4, 0.5) is 0 Å². The van der Waals surface area contributed by atoms with E-state index in [1.165, 1.54) is 12.0 Å². The summed E-state index contributed by atoms with van der Waals surface area (Å²) >= 11 is 0. The van der Waals surface area contributed by atoms with Crippen molar-refractivity contribution in [2.45, 2.75) is 83.8 Å². The molecule has 1 heterocycles. The van der Waals surface area contributed by atoms with E-state index in [0.717, 1.165) is 36.1 Å². The molecule has 3 aromatic rings. The fourth-order valence-electron chi connectivity index (χ4n) is 9.62. The number of benzene rings is 3. The Hall–Kier alpha value is -3.80. The van der Waals surface area contributed by atoms with E-state index in [1.807, 2.05) is 86.7 Å². The third-order valence-electron chi connectivity index (χ3n) is 12.9. The zero-order chi connectivity index (χ0) is 38.9. The van der Waals surface area contributed by atoms with Crippen molar-refractivity contribution in [3.63, 3.8) is 0 Å². The number of methoxy groups -OCH3 is 1. The number of para-hydroxylation sites is 1. The number of ether oxygens (including phenoxy) is 1. The molecule has 1 aliphatic heterocycles. The zero-order valence-electron chi connectivity index (χ0n) is 33.2. The minimum Gasteiger partial charge on any atom is -0.496 e.